The van der Waals surface area contributed by atoms with Gasteiger partial charge in [-0.25, -0.2) is 4.79 Å². The molecule has 0 saturated carbocycles. The molecule has 0 bridgehead atoms. The van der Waals surface area contributed by atoms with Gasteiger partial charge in [0.2, 0.25) is 5.91 Å². The van der Waals surface area contributed by atoms with Crippen LogP contribution in [-0.4, -0.2) is 48.6 Å². The predicted molar refractivity (Wildman–Crippen MR) is 92.8 cm³/mol. The number of anilines is 1. The number of esters is 1. The summed E-state index contributed by atoms with van der Waals surface area (Å²) in [5, 5.41) is 3.18. The van der Waals surface area contributed by atoms with Crippen LogP contribution in [0.5, 0.6) is 0 Å². The number of nitrogens with one attached hydrogen (secondary N) is 1. The molecule has 0 spiro atoms. The number of amidine groups is 1. The van der Waals surface area contributed by atoms with E-state index in [-0.39, 0.29) is 22.9 Å². The third-order valence-electron chi connectivity index (χ3n) is 3.12. The zero-order chi connectivity index (χ0) is 17.7. The maximum Gasteiger partial charge on any atom is 0.338 e. The molecule has 1 aromatic rings. The van der Waals surface area contributed by atoms with Crippen molar-refractivity contribution < 1.29 is 36.1 Å². The number of rotatable bonds is 4. The van der Waals surface area contributed by atoms with Gasteiger partial charge in [0.1, 0.15) is 0 Å². The summed E-state index contributed by atoms with van der Waals surface area (Å²) in [5.41, 5.74) is 0.915. The number of ether oxygens (including phenoxy) is 1. The molecule has 1 saturated heterocycles. The average molecular weight is 427 g/mol. The van der Waals surface area contributed by atoms with E-state index in [4.69, 9.17) is 4.74 Å². The molecule has 1 heterocycles. The van der Waals surface area contributed by atoms with E-state index in [9.17, 15) is 14.4 Å². The van der Waals surface area contributed by atoms with E-state index < -0.39 is 11.9 Å². The molecule has 9 heteroatoms. The average Bonchev–Trinajstić information content (AvgIpc) is 2.83. The van der Waals surface area contributed by atoms with Crippen LogP contribution in [0, 0.1) is 0 Å². The first kappa shape index (κ1) is 20.9. The molecule has 1 aliphatic heterocycles. The number of hydrogen-bond acceptors (Lipinski definition) is 6. The first-order chi connectivity index (χ1) is 11.5. The Balaban J connectivity index is 0.00000312. The van der Waals surface area contributed by atoms with Gasteiger partial charge in [-0.05, 0) is 43.0 Å². The van der Waals surface area contributed by atoms with Crippen LogP contribution in [0.3, 0.4) is 0 Å². The Morgan fingerprint density at radius 1 is 1.32 bits per heavy atom. The highest BCUT2D eigenvalue weighted by Crippen LogP contribution is 2.29. The molecular formula is C16H17BrN3O4S-. The molecular weight excluding hydrogens is 410 g/mol. The Bertz CT molecular complexity index is 731. The maximum atomic E-state index is 12.0. The largest absolute Gasteiger partial charge is 1.00 e. The van der Waals surface area contributed by atoms with Crippen LogP contribution in [-0.2, 0) is 14.3 Å². The van der Waals surface area contributed by atoms with E-state index in [0.717, 1.165) is 11.8 Å². The molecule has 2 amide bonds. The first-order valence-corrected chi connectivity index (χ1v) is 8.00. The highest BCUT2D eigenvalue weighted by Gasteiger charge is 2.30. The maximum absolute atomic E-state index is 12.0. The zero-order valence-corrected chi connectivity index (χ0v) is 16.3. The van der Waals surface area contributed by atoms with Crippen molar-refractivity contribution in [3.63, 3.8) is 0 Å². The number of carbonyl (C=O) groups is 3. The third-order valence-corrected chi connectivity index (χ3v) is 4.27. The topological polar surface area (TPSA) is 88.1 Å². The lowest BCUT2D eigenvalue weighted by molar-refractivity contribution is -0.121. The second kappa shape index (κ2) is 9.38. The number of aliphatic imine (C=N–C) groups is 1. The highest BCUT2D eigenvalue weighted by molar-refractivity contribution is 8.18. The normalized spacial score (nSPS) is 16.8. The second-order valence-electron chi connectivity index (χ2n) is 4.77. The van der Waals surface area contributed by atoms with Gasteiger partial charge in [0.05, 0.1) is 17.1 Å². The van der Waals surface area contributed by atoms with Crippen LogP contribution in [0.2, 0.25) is 0 Å². The molecule has 1 aromatic carbocycles. The Morgan fingerprint density at radius 3 is 2.48 bits per heavy atom. The first-order valence-electron chi connectivity index (χ1n) is 7.18. The second-order valence-corrected chi connectivity index (χ2v) is 5.78. The Labute approximate surface area is 160 Å². The van der Waals surface area contributed by atoms with Crippen LogP contribution < -0.4 is 22.3 Å². The molecule has 0 atom stereocenters. The van der Waals surface area contributed by atoms with E-state index in [1.807, 2.05) is 0 Å². The molecule has 7 nitrogen and oxygen atoms in total. The van der Waals surface area contributed by atoms with E-state index >= 15 is 0 Å². The van der Waals surface area contributed by atoms with Gasteiger partial charge in [0.25, 0.3) is 5.91 Å². The summed E-state index contributed by atoms with van der Waals surface area (Å²) in [4.78, 5) is 41.2. The summed E-state index contributed by atoms with van der Waals surface area (Å²) >= 11 is 1.14. The summed E-state index contributed by atoms with van der Waals surface area (Å²) in [6.07, 6.45) is 1.24. The standard InChI is InChI=1S/C16H17N3O4S.BrH/c1-4-23-15(22)10-5-7-11(8-6-10)18-13(20)9-12-14(21)19(3)16(17-2)24-12;/h5-9H,4H2,1-3H3,(H,18,20);1H/p-1/b12-9-,17-16?;. The van der Waals surface area contributed by atoms with Gasteiger partial charge in [0, 0.05) is 25.9 Å². The summed E-state index contributed by atoms with van der Waals surface area (Å²) in [6.45, 7) is 2.03. The van der Waals surface area contributed by atoms with Crippen molar-refractivity contribution in [2.24, 2.45) is 4.99 Å². The van der Waals surface area contributed by atoms with Crippen molar-refractivity contribution >= 4 is 40.4 Å². The summed E-state index contributed by atoms with van der Waals surface area (Å²) in [6, 6.07) is 6.31. The summed E-state index contributed by atoms with van der Waals surface area (Å²) in [5.74, 6) is -1.12. The van der Waals surface area contributed by atoms with E-state index in [1.54, 1.807) is 45.3 Å². The van der Waals surface area contributed by atoms with Crippen molar-refractivity contribution in [3.8, 4) is 0 Å². The molecule has 1 fully saturated rings. The van der Waals surface area contributed by atoms with Crippen LogP contribution >= 0.6 is 11.8 Å². The Kier molecular flexibility index (Phi) is 7.85. The summed E-state index contributed by atoms with van der Waals surface area (Å²) < 4.78 is 4.89. The van der Waals surface area contributed by atoms with Crippen molar-refractivity contribution in [3.05, 3.63) is 40.8 Å². The molecule has 134 valence electrons. The Morgan fingerprint density at radius 2 is 1.96 bits per heavy atom. The molecule has 0 unspecified atom stereocenters. The lowest BCUT2D eigenvalue weighted by Gasteiger charge is -2.05. The predicted octanol–water partition coefficient (Wildman–Crippen LogP) is -1.12. The quantitative estimate of drug-likeness (QED) is 0.486. The fourth-order valence-corrected chi connectivity index (χ4v) is 2.85. The number of amides is 2. The minimum Gasteiger partial charge on any atom is -1.00 e. The Hall–Kier alpha value is -2.13. The molecule has 0 aliphatic carbocycles. The SMILES string of the molecule is CCOC(=O)c1ccc(NC(=O)/C=C2\SC(=NC)N(C)C2=O)cc1.[Br-]. The van der Waals surface area contributed by atoms with Crippen LogP contribution in [0.1, 0.15) is 17.3 Å². The monoisotopic (exact) mass is 426 g/mol. The minimum absolute atomic E-state index is 0. The van der Waals surface area contributed by atoms with Gasteiger partial charge < -0.3 is 27.0 Å². The zero-order valence-electron chi connectivity index (χ0n) is 13.9. The molecule has 2 rings (SSSR count). The number of nitrogens with zero attached hydrogens (tertiary/aromatic N) is 2. The van der Waals surface area contributed by atoms with Crippen LogP contribution in [0.4, 0.5) is 5.69 Å². The van der Waals surface area contributed by atoms with E-state index in [2.05, 4.69) is 10.3 Å². The third kappa shape index (κ3) is 5.17. The summed E-state index contributed by atoms with van der Waals surface area (Å²) in [7, 11) is 3.19. The van der Waals surface area contributed by atoms with Gasteiger partial charge in [0.15, 0.2) is 5.17 Å². The lowest BCUT2D eigenvalue weighted by atomic mass is 10.2. The molecule has 1 N–H and O–H groups in total. The molecule has 0 aromatic heterocycles. The molecule has 1 aliphatic rings. The fourth-order valence-electron chi connectivity index (χ4n) is 1.95. The van der Waals surface area contributed by atoms with Crippen molar-refractivity contribution in [1.82, 2.24) is 4.90 Å². The number of halogens is 1. The van der Waals surface area contributed by atoms with Crippen LogP contribution in [0.15, 0.2) is 40.2 Å². The fraction of sp³-hybridized carbons (Fsp3) is 0.250. The van der Waals surface area contributed by atoms with E-state index in [1.165, 1.54) is 11.0 Å². The van der Waals surface area contributed by atoms with Gasteiger partial charge in [-0.3, -0.25) is 19.5 Å². The molecule has 25 heavy (non-hydrogen) atoms. The minimum atomic E-state index is -0.430. The smallest absolute Gasteiger partial charge is 0.338 e. The lowest BCUT2D eigenvalue weighted by Crippen LogP contribution is -3.00. The number of benzene rings is 1. The number of likely N-dealkylation sites (N-methyl/N-ethyl adjacent to an activating group) is 1. The number of carbonyl (C=O) groups excluding carboxylic acids is 3. The molecule has 0 radical (unpaired) electrons. The number of thioether (sulfide) groups is 1. The van der Waals surface area contributed by atoms with Crippen molar-refractivity contribution in [1.29, 1.82) is 0 Å². The number of hydrogen-bond donors (Lipinski definition) is 1. The highest BCUT2D eigenvalue weighted by atomic mass is 79.9. The van der Waals surface area contributed by atoms with Gasteiger partial charge >= 0.3 is 5.97 Å². The van der Waals surface area contributed by atoms with Crippen molar-refractivity contribution in [2.45, 2.75) is 6.92 Å². The van der Waals surface area contributed by atoms with Gasteiger partial charge in [-0.15, -0.1) is 0 Å². The van der Waals surface area contributed by atoms with Crippen LogP contribution in [0.25, 0.3) is 0 Å². The van der Waals surface area contributed by atoms with Gasteiger partial charge in [-0.2, -0.15) is 0 Å². The van der Waals surface area contributed by atoms with Gasteiger partial charge in [-0.1, -0.05) is 0 Å². The van der Waals surface area contributed by atoms with Crippen molar-refractivity contribution in [2.75, 3.05) is 26.0 Å². The van der Waals surface area contributed by atoms with E-state index in [0.29, 0.717) is 27.9 Å².